The van der Waals surface area contributed by atoms with E-state index >= 15 is 0 Å². The van der Waals surface area contributed by atoms with Crippen molar-refractivity contribution in [1.29, 1.82) is 0 Å². The number of carbonyl (C=O) groups is 4. The summed E-state index contributed by atoms with van der Waals surface area (Å²) in [4.78, 5) is 87.7. The molecule has 38 heteroatoms. The molecule has 9 aromatic rings. The zero-order valence-electron chi connectivity index (χ0n) is 66.9. The smallest absolute Gasteiger partial charge is 0.414 e. The molecule has 0 N–H and O–H groups in total. The second kappa shape index (κ2) is 36.7. The third kappa shape index (κ3) is 18.6. The van der Waals surface area contributed by atoms with Gasteiger partial charge in [0.25, 0.3) is 17.1 Å². The number of amides is 4. The zero-order valence-corrected chi connectivity index (χ0v) is 70.9. The summed E-state index contributed by atoms with van der Waals surface area (Å²) >= 11 is 6.03. The molecule has 4 fully saturated rings. The molecule has 0 atom stereocenters. The zero-order chi connectivity index (χ0) is 87.4. The van der Waals surface area contributed by atoms with Gasteiger partial charge in [-0.1, -0.05) is 115 Å². The topological polar surface area (TPSA) is 397 Å². The van der Waals surface area contributed by atoms with Gasteiger partial charge in [0, 0.05) is 140 Å². The Morgan fingerprint density at radius 2 is 0.618 bits per heavy atom. The van der Waals surface area contributed by atoms with E-state index in [1.54, 1.807) is 49.9 Å². The minimum Gasteiger partial charge on any atom is -0.444 e. The number of nitro benzene ring substituents is 3. The van der Waals surface area contributed by atoms with Crippen molar-refractivity contribution in [1.82, 2.24) is 17.2 Å². The van der Waals surface area contributed by atoms with Gasteiger partial charge in [-0.05, 0) is 161 Å². The minimum absolute atomic E-state index is 0.00363. The molecule has 17 rings (SSSR count). The fraction of sp³-hybridized carbons (Fsp3) is 0.318. The van der Waals surface area contributed by atoms with Crippen LogP contribution < -0.4 is 19.6 Å². The average Bonchev–Trinajstić information content (AvgIpc) is 0.778. The van der Waals surface area contributed by atoms with Crippen molar-refractivity contribution in [2.24, 2.45) is 0 Å². The summed E-state index contributed by atoms with van der Waals surface area (Å²) in [6.07, 6.45) is 2.17. The number of anilines is 4. The van der Waals surface area contributed by atoms with Gasteiger partial charge in [-0.25, -0.2) is 52.8 Å². The number of non-ortho nitro benzene ring substituents is 3. The van der Waals surface area contributed by atoms with Crippen molar-refractivity contribution in [3.8, 4) is 11.1 Å². The standard InChI is InChI=1S/C26H26N2O4S.2C20H21N3O6S.C19H18ClN3O6S/c1-19-6-5-9-22-18-32-26(29)28(25(19)22)23-14-16-27(17-15-23)33(30,31)24-12-10-21(11-13-24)20-7-3-2-4-8-20;1-14-4-2-5-15-13-29-20(24)22(19(14)15)16-8-10-21(11-9-16)30(27,28)18-7-3-6-17(12-18)23(25)26;1-14-3-2-4-15-13-29-20(24)22(19(14)15)16-9-11-21(12-10-16)30(27,28)18-7-5-17(6-8-18)23(25)26;20-14-1-6-18-13(11-14)12-29-19(24)22(18)15-7-9-21(10-8-15)30(27,28)17-4-2-16(3-5-17)23(25)26/h2-13,23H,14-18H2,1H3;2-7,12,16H,8-11,13H2,1H3;2-8,16H,9-13H2,1H3;1-6,11,15H,7-10,12H2. The fourth-order valence-corrected chi connectivity index (χ4v) is 22.8. The number of hydrogen-bond acceptors (Lipinski definition) is 22. The summed E-state index contributed by atoms with van der Waals surface area (Å²) in [7, 11) is -15.0. The van der Waals surface area contributed by atoms with Crippen molar-refractivity contribution in [3.05, 3.63) is 274 Å². The lowest BCUT2D eigenvalue weighted by atomic mass is 10.00. The van der Waals surface area contributed by atoms with Gasteiger partial charge in [0.2, 0.25) is 40.1 Å². The van der Waals surface area contributed by atoms with Crippen LogP contribution in [0.15, 0.2) is 220 Å². The maximum Gasteiger partial charge on any atom is 0.414 e. The highest BCUT2D eigenvalue weighted by molar-refractivity contribution is 7.90. The molecule has 8 aliphatic rings. The van der Waals surface area contributed by atoms with E-state index in [0.717, 1.165) is 78.9 Å². The number of aryl methyl sites for hydroxylation is 3. The number of halogens is 1. The third-order valence-corrected chi connectivity index (χ3v) is 30.8. The van der Waals surface area contributed by atoms with Gasteiger partial charge < -0.3 is 18.9 Å². The first-order valence-corrected chi connectivity index (χ1v) is 45.7. The Morgan fingerprint density at radius 3 is 0.967 bits per heavy atom. The maximum atomic E-state index is 13.3. The van der Waals surface area contributed by atoms with E-state index in [-0.39, 0.29) is 128 Å². The van der Waals surface area contributed by atoms with Crippen molar-refractivity contribution >= 4 is 116 Å². The summed E-state index contributed by atoms with van der Waals surface area (Å²) < 4.78 is 131. The van der Waals surface area contributed by atoms with Crippen LogP contribution in [-0.2, 0) is 85.5 Å². The van der Waals surface area contributed by atoms with Crippen molar-refractivity contribution in [2.45, 2.75) is 142 Å². The third-order valence-electron chi connectivity index (χ3n) is 23.0. The average molecular weight is 1780 g/mol. The Morgan fingerprint density at radius 1 is 0.317 bits per heavy atom. The second-order valence-corrected chi connectivity index (χ2v) is 38.6. The normalized spacial score (nSPS) is 17.9. The number of cyclic esters (lactones) is 4. The maximum absolute atomic E-state index is 13.3. The highest BCUT2D eigenvalue weighted by Gasteiger charge is 2.44. The van der Waals surface area contributed by atoms with E-state index in [0.29, 0.717) is 74.4 Å². The molecular weight excluding hydrogens is 1690 g/mol. The predicted octanol–water partition coefficient (Wildman–Crippen LogP) is 15.0. The molecule has 0 radical (unpaired) electrons. The van der Waals surface area contributed by atoms with Gasteiger partial charge in [-0.3, -0.25) is 49.9 Å². The Hall–Kier alpha value is -11.8. The van der Waals surface area contributed by atoms with E-state index < -0.39 is 73.1 Å². The largest absolute Gasteiger partial charge is 0.444 e. The summed E-state index contributed by atoms with van der Waals surface area (Å²) in [5, 5.41) is 33.1. The Bertz CT molecular complexity index is 6030. The first-order chi connectivity index (χ1) is 58.8. The predicted molar refractivity (Wildman–Crippen MR) is 454 cm³/mol. The number of fused-ring (bicyclic) bond motifs is 4. The second-order valence-electron chi connectivity index (χ2n) is 30.4. The van der Waals surface area contributed by atoms with Gasteiger partial charge in [-0.2, -0.15) is 17.2 Å². The van der Waals surface area contributed by atoms with E-state index in [1.807, 2.05) is 118 Å². The lowest BCUT2D eigenvalue weighted by Crippen LogP contribution is -2.50. The van der Waals surface area contributed by atoms with E-state index in [1.165, 1.54) is 84.0 Å². The van der Waals surface area contributed by atoms with Crippen LogP contribution in [0, 0.1) is 51.1 Å². The Balaban J connectivity index is 0.000000134. The number of nitrogens with zero attached hydrogens (tertiary/aromatic N) is 11. The molecule has 9 aromatic carbocycles. The minimum atomic E-state index is -3.86. The van der Waals surface area contributed by atoms with Gasteiger partial charge >= 0.3 is 24.4 Å². The number of benzene rings is 9. The number of sulfonamides is 4. The summed E-state index contributed by atoms with van der Waals surface area (Å²) in [5.74, 6) is 0. The highest BCUT2D eigenvalue weighted by Crippen LogP contribution is 2.42. The van der Waals surface area contributed by atoms with Gasteiger partial charge in [0.15, 0.2) is 0 Å². The first kappa shape index (κ1) is 87.5. The highest BCUT2D eigenvalue weighted by atomic mass is 35.5. The van der Waals surface area contributed by atoms with Gasteiger partial charge in [0.05, 0.1) is 57.1 Å². The number of piperidine rings is 4. The number of carbonyl (C=O) groups excluding carboxylic acids is 4. The molecule has 0 bridgehead atoms. The molecule has 4 saturated heterocycles. The number of rotatable bonds is 16. The monoisotopic (exact) mass is 1780 g/mol. The quantitative estimate of drug-likeness (QED) is 0.0492. The number of hydrogen-bond donors (Lipinski definition) is 0. The van der Waals surface area contributed by atoms with E-state index in [9.17, 15) is 83.2 Å². The molecule has 8 heterocycles. The molecule has 0 aromatic heterocycles. The van der Waals surface area contributed by atoms with Crippen LogP contribution in [0.1, 0.15) is 90.3 Å². The van der Waals surface area contributed by atoms with E-state index in [2.05, 4.69) is 0 Å². The Kier molecular flexibility index (Phi) is 26.1. The summed E-state index contributed by atoms with van der Waals surface area (Å²) in [6.45, 7) is 8.83. The molecule has 0 spiro atoms. The van der Waals surface area contributed by atoms with Gasteiger partial charge in [0.1, 0.15) is 26.4 Å². The van der Waals surface area contributed by atoms with Crippen LogP contribution in [0.5, 0.6) is 0 Å². The lowest BCUT2D eigenvalue weighted by Gasteiger charge is -2.40. The first-order valence-electron chi connectivity index (χ1n) is 39.6. The van der Waals surface area contributed by atoms with Crippen molar-refractivity contribution in [3.63, 3.8) is 0 Å². The van der Waals surface area contributed by atoms with E-state index in [4.69, 9.17) is 30.5 Å². The van der Waals surface area contributed by atoms with Crippen LogP contribution in [-0.4, -0.2) is 167 Å². The van der Waals surface area contributed by atoms with Crippen molar-refractivity contribution in [2.75, 3.05) is 72.0 Å². The Labute approximate surface area is 715 Å². The van der Waals surface area contributed by atoms with Crippen LogP contribution >= 0.6 is 11.6 Å². The number of ether oxygens (including phenoxy) is 4. The molecule has 0 saturated carbocycles. The lowest BCUT2D eigenvalue weighted by molar-refractivity contribution is -0.385. The molecule has 0 aliphatic carbocycles. The van der Waals surface area contributed by atoms with Crippen LogP contribution in [0.3, 0.4) is 0 Å². The van der Waals surface area contributed by atoms with Crippen LogP contribution in [0.2, 0.25) is 5.02 Å². The van der Waals surface area contributed by atoms with Crippen LogP contribution in [0.4, 0.5) is 59.0 Å². The molecular formula is C85H86ClN11O22S4. The summed E-state index contributed by atoms with van der Waals surface area (Å²) in [5.41, 5.74) is 11.4. The summed E-state index contributed by atoms with van der Waals surface area (Å²) in [6, 6.07) is 53.7. The molecule has 644 valence electrons. The fourth-order valence-electron chi connectivity index (χ4n) is 16.6. The SMILES string of the molecule is Cc1cccc2c1N(C1CCN(S(=O)(=O)c3ccc(-c4ccccc4)cc3)CC1)C(=O)OC2.Cc1cccc2c1N(C1CCN(S(=O)(=O)c3ccc([N+](=O)[O-])cc3)CC1)C(=O)OC2.Cc1cccc2c1N(C1CCN(S(=O)(=O)c3cccc([N+](=O)[O-])c3)CC1)C(=O)OC2.O=C1OCc2cc(Cl)ccc2N1C1CCN(S(=O)(=O)c2ccc([N+](=O)[O-])cc2)CC1. The van der Waals surface area contributed by atoms with Crippen molar-refractivity contribution < 1.29 is 86.6 Å². The molecule has 4 amide bonds. The molecule has 123 heavy (non-hydrogen) atoms. The molecule has 0 unspecified atom stereocenters. The molecule has 33 nitrogen and oxygen atoms in total. The molecule has 8 aliphatic heterocycles. The van der Waals surface area contributed by atoms with Crippen LogP contribution in [0.25, 0.3) is 11.1 Å². The number of para-hydroxylation sites is 3. The van der Waals surface area contributed by atoms with Gasteiger partial charge in [-0.15, -0.1) is 0 Å². The number of nitro groups is 3.